The lowest BCUT2D eigenvalue weighted by atomic mass is 9.84. The summed E-state index contributed by atoms with van der Waals surface area (Å²) in [5, 5.41) is 0. The predicted octanol–water partition coefficient (Wildman–Crippen LogP) is 0.508. The fourth-order valence-electron chi connectivity index (χ4n) is 1.00. The first-order valence-corrected chi connectivity index (χ1v) is 3.68. The van der Waals surface area contributed by atoms with E-state index in [-0.39, 0.29) is 5.41 Å². The normalized spacial score (nSPS) is 20.5. The van der Waals surface area contributed by atoms with Crippen LogP contribution in [0.3, 0.4) is 0 Å². The number of ether oxygens (including phenoxy) is 2. The Morgan fingerprint density at radius 3 is 2.64 bits per heavy atom. The van der Waals surface area contributed by atoms with Crippen LogP contribution < -0.4 is 5.73 Å². The third kappa shape index (κ3) is 1.83. The number of carbonyl (C=O) groups is 1. The van der Waals surface area contributed by atoms with Crippen LogP contribution in [0.5, 0.6) is 0 Å². The molecule has 0 unspecified atom stereocenters. The molecule has 64 valence electrons. The molecular weight excluding hydrogens is 146 g/mol. The Labute approximate surface area is 65.7 Å². The topological polar surface area (TPSA) is 61.5 Å². The number of hydrogen-bond acceptors (Lipinski definition) is 3. The second-order valence-electron chi connectivity index (χ2n) is 2.95. The van der Waals surface area contributed by atoms with Crippen LogP contribution >= 0.6 is 0 Å². The predicted molar refractivity (Wildman–Crippen MR) is 39.1 cm³/mol. The van der Waals surface area contributed by atoms with Crippen LogP contribution in [-0.4, -0.2) is 25.9 Å². The fourth-order valence-corrected chi connectivity index (χ4v) is 1.00. The largest absolute Gasteiger partial charge is 0.449 e. The molecule has 0 aromatic carbocycles. The summed E-state index contributed by atoms with van der Waals surface area (Å²) in [5.74, 6) is 0. The van der Waals surface area contributed by atoms with E-state index in [9.17, 15) is 4.79 Å². The number of carbonyl (C=O) groups excluding carboxylic acids is 1. The maximum atomic E-state index is 10.3. The van der Waals surface area contributed by atoms with Crippen LogP contribution in [0.15, 0.2) is 0 Å². The van der Waals surface area contributed by atoms with E-state index in [0.717, 1.165) is 6.42 Å². The zero-order valence-electron chi connectivity index (χ0n) is 6.63. The van der Waals surface area contributed by atoms with E-state index in [1.54, 1.807) is 0 Å². The highest BCUT2D eigenvalue weighted by atomic mass is 16.6. The zero-order valence-corrected chi connectivity index (χ0v) is 6.63. The van der Waals surface area contributed by atoms with Gasteiger partial charge in [-0.2, -0.15) is 0 Å². The number of rotatable bonds is 3. The highest BCUT2D eigenvalue weighted by molar-refractivity contribution is 5.64. The second-order valence-corrected chi connectivity index (χ2v) is 2.95. The van der Waals surface area contributed by atoms with E-state index in [1.165, 1.54) is 0 Å². The van der Waals surface area contributed by atoms with Gasteiger partial charge in [-0.25, -0.2) is 4.79 Å². The van der Waals surface area contributed by atoms with Crippen molar-refractivity contribution in [3.05, 3.63) is 0 Å². The Bertz CT molecular complexity index is 148. The molecule has 11 heavy (non-hydrogen) atoms. The molecule has 2 N–H and O–H groups in total. The molecule has 0 aliphatic carbocycles. The fraction of sp³-hybridized carbons (Fsp3) is 0.857. The molecule has 4 nitrogen and oxygen atoms in total. The summed E-state index contributed by atoms with van der Waals surface area (Å²) < 4.78 is 9.73. The first kappa shape index (κ1) is 8.33. The Hall–Kier alpha value is -0.770. The van der Waals surface area contributed by atoms with E-state index in [4.69, 9.17) is 15.2 Å². The van der Waals surface area contributed by atoms with Crippen molar-refractivity contribution in [3.8, 4) is 0 Å². The molecule has 0 radical (unpaired) electrons. The van der Waals surface area contributed by atoms with Crippen LogP contribution in [0.1, 0.15) is 13.3 Å². The molecule has 1 aliphatic rings. The standard InChI is InChI=1S/C7H13NO3/c1-2-7(3-10-4-7)5-11-6(8)9/h2-5H2,1H3,(H2,8,9). The third-order valence-corrected chi connectivity index (χ3v) is 2.09. The van der Waals surface area contributed by atoms with Gasteiger partial charge in [0.1, 0.15) is 6.61 Å². The van der Waals surface area contributed by atoms with Crippen LogP contribution in [0.25, 0.3) is 0 Å². The molecule has 0 spiro atoms. The monoisotopic (exact) mass is 159 g/mol. The Morgan fingerprint density at radius 1 is 1.73 bits per heavy atom. The van der Waals surface area contributed by atoms with Crippen molar-refractivity contribution in [2.75, 3.05) is 19.8 Å². The molecule has 1 rings (SSSR count). The van der Waals surface area contributed by atoms with Crippen LogP contribution in [0.2, 0.25) is 0 Å². The van der Waals surface area contributed by atoms with Crippen molar-refractivity contribution < 1.29 is 14.3 Å². The lowest BCUT2D eigenvalue weighted by molar-refractivity contribution is -0.138. The maximum Gasteiger partial charge on any atom is 0.404 e. The molecule has 0 aromatic rings. The number of amides is 1. The minimum Gasteiger partial charge on any atom is -0.449 e. The summed E-state index contributed by atoms with van der Waals surface area (Å²) in [6.45, 7) is 3.79. The highest BCUT2D eigenvalue weighted by Gasteiger charge is 2.37. The summed E-state index contributed by atoms with van der Waals surface area (Å²) in [6, 6.07) is 0. The maximum absolute atomic E-state index is 10.3. The van der Waals surface area contributed by atoms with E-state index in [0.29, 0.717) is 19.8 Å². The van der Waals surface area contributed by atoms with Gasteiger partial charge >= 0.3 is 6.09 Å². The van der Waals surface area contributed by atoms with Crippen molar-refractivity contribution in [1.82, 2.24) is 0 Å². The summed E-state index contributed by atoms with van der Waals surface area (Å²) in [5.41, 5.74) is 4.88. The van der Waals surface area contributed by atoms with Gasteiger partial charge in [-0.1, -0.05) is 6.92 Å². The minimum atomic E-state index is -0.704. The Morgan fingerprint density at radius 2 is 2.36 bits per heavy atom. The lowest BCUT2D eigenvalue weighted by Gasteiger charge is -2.39. The molecule has 1 heterocycles. The summed E-state index contributed by atoms with van der Waals surface area (Å²) in [4.78, 5) is 10.3. The van der Waals surface area contributed by atoms with E-state index in [1.807, 2.05) is 6.92 Å². The van der Waals surface area contributed by atoms with Gasteiger partial charge in [0.05, 0.1) is 18.6 Å². The smallest absolute Gasteiger partial charge is 0.404 e. The van der Waals surface area contributed by atoms with Gasteiger partial charge in [-0.3, -0.25) is 0 Å². The van der Waals surface area contributed by atoms with E-state index >= 15 is 0 Å². The minimum absolute atomic E-state index is 0.0506. The van der Waals surface area contributed by atoms with Crippen molar-refractivity contribution in [2.45, 2.75) is 13.3 Å². The van der Waals surface area contributed by atoms with Gasteiger partial charge in [-0.15, -0.1) is 0 Å². The average Bonchev–Trinajstić information content (AvgIpc) is 1.86. The van der Waals surface area contributed by atoms with Crippen LogP contribution in [0.4, 0.5) is 4.79 Å². The first-order chi connectivity index (χ1) is 5.18. The molecule has 1 saturated heterocycles. The second kappa shape index (κ2) is 3.09. The van der Waals surface area contributed by atoms with Gasteiger partial charge < -0.3 is 15.2 Å². The van der Waals surface area contributed by atoms with Gasteiger partial charge in [0.2, 0.25) is 0 Å². The molecule has 0 saturated carbocycles. The molecule has 1 aliphatic heterocycles. The summed E-state index contributed by atoms with van der Waals surface area (Å²) in [6.07, 6.45) is 0.255. The number of primary amides is 1. The van der Waals surface area contributed by atoms with E-state index in [2.05, 4.69) is 0 Å². The summed E-state index contributed by atoms with van der Waals surface area (Å²) >= 11 is 0. The SMILES string of the molecule is CCC1(COC(N)=O)COC1. The molecule has 0 aromatic heterocycles. The summed E-state index contributed by atoms with van der Waals surface area (Å²) in [7, 11) is 0. The average molecular weight is 159 g/mol. The first-order valence-electron chi connectivity index (χ1n) is 3.68. The number of hydrogen-bond donors (Lipinski definition) is 1. The van der Waals surface area contributed by atoms with Crippen molar-refractivity contribution in [2.24, 2.45) is 11.1 Å². The molecular formula is C7H13NO3. The Balaban J connectivity index is 2.27. The van der Waals surface area contributed by atoms with Crippen LogP contribution in [-0.2, 0) is 9.47 Å². The van der Waals surface area contributed by atoms with Crippen molar-refractivity contribution in [1.29, 1.82) is 0 Å². The van der Waals surface area contributed by atoms with Gasteiger partial charge in [-0.05, 0) is 6.42 Å². The molecule has 0 atom stereocenters. The van der Waals surface area contributed by atoms with Crippen molar-refractivity contribution >= 4 is 6.09 Å². The molecule has 1 amide bonds. The molecule has 0 bridgehead atoms. The van der Waals surface area contributed by atoms with Gasteiger partial charge in [0, 0.05) is 0 Å². The van der Waals surface area contributed by atoms with Crippen LogP contribution in [0, 0.1) is 5.41 Å². The Kier molecular flexibility index (Phi) is 2.34. The highest BCUT2D eigenvalue weighted by Crippen LogP contribution is 2.31. The lowest BCUT2D eigenvalue weighted by Crippen LogP contribution is -2.46. The zero-order chi connectivity index (χ0) is 8.32. The molecule has 4 heteroatoms. The van der Waals surface area contributed by atoms with Crippen molar-refractivity contribution in [3.63, 3.8) is 0 Å². The number of nitrogens with two attached hydrogens (primary N) is 1. The quantitative estimate of drug-likeness (QED) is 0.652. The van der Waals surface area contributed by atoms with Gasteiger partial charge in [0.15, 0.2) is 0 Å². The third-order valence-electron chi connectivity index (χ3n) is 2.09. The molecule has 1 fully saturated rings. The van der Waals surface area contributed by atoms with E-state index < -0.39 is 6.09 Å². The van der Waals surface area contributed by atoms with Gasteiger partial charge in [0.25, 0.3) is 0 Å².